The van der Waals surface area contributed by atoms with Gasteiger partial charge in [-0.15, -0.1) is 0 Å². The Hall–Kier alpha value is -3.39. The van der Waals surface area contributed by atoms with Crippen LogP contribution in [0.2, 0.25) is 0 Å². The first-order chi connectivity index (χ1) is 14.8. The second-order valence-electron chi connectivity index (χ2n) is 7.34. The number of rotatable bonds is 5. The first-order valence-corrected chi connectivity index (χ1v) is 11.1. The number of sulfonamides is 1. The van der Waals surface area contributed by atoms with Gasteiger partial charge in [-0.05, 0) is 73.5 Å². The molecule has 0 fully saturated rings. The molecule has 3 aromatic rings. The van der Waals surface area contributed by atoms with Crippen molar-refractivity contribution in [1.29, 1.82) is 0 Å². The van der Waals surface area contributed by atoms with Gasteiger partial charge in [0.2, 0.25) is 0 Å². The summed E-state index contributed by atoms with van der Waals surface area (Å²) in [6.07, 6.45) is 0.468. The molecule has 8 heteroatoms. The molecule has 0 saturated heterocycles. The highest BCUT2D eigenvalue weighted by Crippen LogP contribution is 2.37. The van der Waals surface area contributed by atoms with E-state index < -0.39 is 15.8 Å². The van der Waals surface area contributed by atoms with Gasteiger partial charge in [0.15, 0.2) is 0 Å². The van der Waals surface area contributed by atoms with Crippen LogP contribution in [0.5, 0.6) is 5.75 Å². The van der Waals surface area contributed by atoms with Crippen molar-refractivity contribution in [2.45, 2.75) is 24.3 Å². The number of carbonyl (C=O) groups excluding carboxylic acids is 1. The third kappa shape index (κ3) is 3.98. The molecule has 0 unspecified atom stereocenters. The lowest BCUT2D eigenvalue weighted by atomic mass is 10.1. The predicted octanol–water partition coefficient (Wildman–Crippen LogP) is 4.23. The Morgan fingerprint density at radius 1 is 1.10 bits per heavy atom. The van der Waals surface area contributed by atoms with Crippen molar-refractivity contribution >= 4 is 27.3 Å². The van der Waals surface area contributed by atoms with Crippen molar-refractivity contribution < 1.29 is 22.3 Å². The normalized spacial score (nSPS) is 15.5. The molecular formula is C23H21FN2O4S. The largest absolute Gasteiger partial charge is 0.497 e. The minimum Gasteiger partial charge on any atom is -0.497 e. The van der Waals surface area contributed by atoms with Gasteiger partial charge >= 0.3 is 0 Å². The second kappa shape index (κ2) is 8.03. The summed E-state index contributed by atoms with van der Waals surface area (Å²) >= 11 is 0. The summed E-state index contributed by atoms with van der Waals surface area (Å²) in [6, 6.07) is 16.4. The highest BCUT2D eigenvalue weighted by Gasteiger charge is 2.36. The Morgan fingerprint density at radius 3 is 2.55 bits per heavy atom. The smallest absolute Gasteiger partial charge is 0.264 e. The highest BCUT2D eigenvalue weighted by atomic mass is 32.2. The molecule has 3 aromatic carbocycles. The SMILES string of the molecule is COc1cccc(NC(=O)c2ccc3c(c2)C[C@@H](C)N3S(=O)(=O)c2ccc(F)cc2)c1. The number of hydrogen-bond donors (Lipinski definition) is 1. The zero-order valence-corrected chi connectivity index (χ0v) is 17.8. The Kier molecular flexibility index (Phi) is 5.41. The molecule has 1 amide bonds. The molecule has 1 aliphatic rings. The fourth-order valence-electron chi connectivity index (χ4n) is 3.73. The monoisotopic (exact) mass is 440 g/mol. The molecule has 0 spiro atoms. The minimum atomic E-state index is -3.86. The van der Waals surface area contributed by atoms with E-state index in [1.54, 1.807) is 56.5 Å². The van der Waals surface area contributed by atoms with Crippen molar-refractivity contribution in [3.05, 3.63) is 83.7 Å². The Balaban J connectivity index is 1.61. The van der Waals surface area contributed by atoms with Crippen LogP contribution in [0.3, 0.4) is 0 Å². The Morgan fingerprint density at radius 2 is 1.84 bits per heavy atom. The molecule has 0 aliphatic carbocycles. The Labute approximate surface area is 180 Å². The minimum absolute atomic E-state index is 0.0217. The van der Waals surface area contributed by atoms with Gasteiger partial charge < -0.3 is 10.1 Å². The fourth-order valence-corrected chi connectivity index (χ4v) is 5.43. The highest BCUT2D eigenvalue weighted by molar-refractivity contribution is 7.92. The van der Waals surface area contributed by atoms with Crippen LogP contribution >= 0.6 is 0 Å². The molecule has 1 atom stereocenters. The van der Waals surface area contributed by atoms with Crippen molar-refractivity contribution in [2.75, 3.05) is 16.7 Å². The molecule has 0 radical (unpaired) electrons. The number of carbonyl (C=O) groups is 1. The summed E-state index contributed by atoms with van der Waals surface area (Å²) < 4.78 is 46.0. The third-order valence-electron chi connectivity index (χ3n) is 5.19. The van der Waals surface area contributed by atoms with Crippen LogP contribution in [-0.4, -0.2) is 27.5 Å². The number of halogens is 1. The molecule has 6 nitrogen and oxygen atoms in total. The van der Waals surface area contributed by atoms with Crippen LogP contribution in [0.15, 0.2) is 71.6 Å². The van der Waals surface area contributed by atoms with Crippen LogP contribution in [-0.2, 0) is 16.4 Å². The van der Waals surface area contributed by atoms with E-state index in [1.165, 1.54) is 16.4 Å². The van der Waals surface area contributed by atoms with Crippen molar-refractivity contribution in [2.24, 2.45) is 0 Å². The van der Waals surface area contributed by atoms with Crippen molar-refractivity contribution in [1.82, 2.24) is 0 Å². The van der Waals surface area contributed by atoms with Gasteiger partial charge in [0.1, 0.15) is 11.6 Å². The molecule has 160 valence electrons. The quantitative estimate of drug-likeness (QED) is 0.644. The van der Waals surface area contributed by atoms with E-state index in [0.717, 1.165) is 17.7 Å². The van der Waals surface area contributed by atoms with Gasteiger partial charge in [-0.1, -0.05) is 6.07 Å². The Bertz CT molecular complexity index is 1240. The standard InChI is InChI=1S/C23H21FN2O4S/c1-15-12-17-13-16(23(27)25-19-4-3-5-20(14-19)30-2)6-11-22(17)26(15)31(28,29)21-9-7-18(24)8-10-21/h3-11,13-15H,12H2,1-2H3,(H,25,27)/t15-/m1/s1. The zero-order valence-electron chi connectivity index (χ0n) is 17.0. The molecule has 1 heterocycles. The fraction of sp³-hybridized carbons (Fsp3) is 0.174. The van der Waals surface area contributed by atoms with Gasteiger partial charge in [0, 0.05) is 23.4 Å². The van der Waals surface area contributed by atoms with Crippen LogP contribution in [0.4, 0.5) is 15.8 Å². The van der Waals surface area contributed by atoms with E-state index in [9.17, 15) is 17.6 Å². The molecule has 1 N–H and O–H groups in total. The number of methoxy groups -OCH3 is 1. The van der Waals surface area contributed by atoms with E-state index in [1.807, 2.05) is 0 Å². The predicted molar refractivity (Wildman–Crippen MR) is 117 cm³/mol. The van der Waals surface area contributed by atoms with Crippen LogP contribution in [0.25, 0.3) is 0 Å². The first-order valence-electron chi connectivity index (χ1n) is 9.68. The zero-order chi connectivity index (χ0) is 22.2. The topological polar surface area (TPSA) is 75.7 Å². The number of amides is 1. The van der Waals surface area contributed by atoms with E-state index in [4.69, 9.17) is 4.74 Å². The molecular weight excluding hydrogens is 419 g/mol. The lowest BCUT2D eigenvalue weighted by molar-refractivity contribution is 0.102. The van der Waals surface area contributed by atoms with Crippen LogP contribution < -0.4 is 14.4 Å². The maximum absolute atomic E-state index is 13.2. The van der Waals surface area contributed by atoms with E-state index in [-0.39, 0.29) is 16.8 Å². The van der Waals surface area contributed by atoms with Gasteiger partial charge in [-0.3, -0.25) is 9.10 Å². The average Bonchev–Trinajstić information content (AvgIpc) is 3.09. The van der Waals surface area contributed by atoms with Gasteiger partial charge in [-0.2, -0.15) is 0 Å². The number of ether oxygens (including phenoxy) is 1. The van der Waals surface area contributed by atoms with Gasteiger partial charge in [-0.25, -0.2) is 12.8 Å². The summed E-state index contributed by atoms with van der Waals surface area (Å²) in [5, 5.41) is 2.82. The van der Waals surface area contributed by atoms with Gasteiger partial charge in [0.05, 0.1) is 17.7 Å². The third-order valence-corrected chi connectivity index (χ3v) is 7.14. The maximum atomic E-state index is 13.2. The summed E-state index contributed by atoms with van der Waals surface area (Å²) in [7, 11) is -2.31. The van der Waals surface area contributed by atoms with E-state index in [0.29, 0.717) is 29.1 Å². The lowest BCUT2D eigenvalue weighted by Gasteiger charge is -2.24. The van der Waals surface area contributed by atoms with E-state index >= 15 is 0 Å². The summed E-state index contributed by atoms with van der Waals surface area (Å²) in [4.78, 5) is 12.7. The van der Waals surface area contributed by atoms with Crippen molar-refractivity contribution in [3.8, 4) is 5.75 Å². The maximum Gasteiger partial charge on any atom is 0.264 e. The molecule has 31 heavy (non-hydrogen) atoms. The molecule has 4 rings (SSSR count). The van der Waals surface area contributed by atoms with E-state index in [2.05, 4.69) is 5.32 Å². The number of hydrogen-bond acceptors (Lipinski definition) is 4. The average molecular weight is 440 g/mol. The molecule has 1 aliphatic heterocycles. The summed E-state index contributed by atoms with van der Waals surface area (Å²) in [5.74, 6) is -0.175. The summed E-state index contributed by atoms with van der Waals surface area (Å²) in [6.45, 7) is 1.80. The number of nitrogens with one attached hydrogen (secondary N) is 1. The van der Waals surface area contributed by atoms with Crippen LogP contribution in [0.1, 0.15) is 22.8 Å². The van der Waals surface area contributed by atoms with Gasteiger partial charge in [0.25, 0.3) is 15.9 Å². The molecule has 0 aromatic heterocycles. The molecule has 0 bridgehead atoms. The number of benzene rings is 3. The molecule has 0 saturated carbocycles. The number of fused-ring (bicyclic) bond motifs is 1. The first kappa shape index (κ1) is 20.9. The lowest BCUT2D eigenvalue weighted by Crippen LogP contribution is -2.35. The van der Waals surface area contributed by atoms with Crippen molar-refractivity contribution in [3.63, 3.8) is 0 Å². The van der Waals surface area contributed by atoms with Crippen LogP contribution in [0, 0.1) is 5.82 Å². The second-order valence-corrected chi connectivity index (χ2v) is 9.15. The number of anilines is 2. The number of nitrogens with zero attached hydrogens (tertiary/aromatic N) is 1. The summed E-state index contributed by atoms with van der Waals surface area (Å²) in [5.41, 5.74) is 2.31.